The first-order valence-corrected chi connectivity index (χ1v) is 10.6. The molecule has 1 aromatic rings. The lowest BCUT2D eigenvalue weighted by Crippen LogP contribution is -2.56. The molecule has 0 bridgehead atoms. The second-order valence-corrected chi connectivity index (χ2v) is 8.43. The molecule has 3 amide bonds. The Kier molecular flexibility index (Phi) is 7.37. The van der Waals surface area contributed by atoms with Crippen LogP contribution in [0.15, 0.2) is 29.2 Å². The predicted molar refractivity (Wildman–Crippen MR) is 103 cm³/mol. The lowest BCUT2D eigenvalue weighted by molar-refractivity contribution is -0.122. The van der Waals surface area contributed by atoms with Gasteiger partial charge >= 0.3 is 6.03 Å². The van der Waals surface area contributed by atoms with E-state index in [2.05, 4.69) is 10.6 Å². The third-order valence-electron chi connectivity index (χ3n) is 4.43. The van der Waals surface area contributed by atoms with E-state index in [1.165, 1.54) is 33.5 Å². The highest BCUT2D eigenvalue weighted by Crippen LogP contribution is 2.18. The van der Waals surface area contributed by atoms with Crippen LogP contribution in [-0.4, -0.2) is 68.3 Å². The zero-order valence-corrected chi connectivity index (χ0v) is 16.8. The molecule has 0 aromatic heterocycles. The second kappa shape index (κ2) is 9.52. The lowest BCUT2D eigenvalue weighted by Gasteiger charge is -2.34. The lowest BCUT2D eigenvalue weighted by atomic mass is 10.2. The summed E-state index contributed by atoms with van der Waals surface area (Å²) in [5, 5.41) is 14.2. The summed E-state index contributed by atoms with van der Waals surface area (Å²) in [5.41, 5.74) is 0.387. The Morgan fingerprint density at radius 3 is 2.32 bits per heavy atom. The first-order chi connectivity index (χ1) is 13.3. The maximum absolute atomic E-state index is 12.7. The Morgan fingerprint density at radius 2 is 1.79 bits per heavy atom. The van der Waals surface area contributed by atoms with Crippen molar-refractivity contribution >= 4 is 22.0 Å². The van der Waals surface area contributed by atoms with Gasteiger partial charge in [-0.2, -0.15) is 9.57 Å². The number of carbonyl (C=O) groups excluding carboxylic acids is 2. The van der Waals surface area contributed by atoms with E-state index in [1.807, 2.05) is 13.0 Å². The fourth-order valence-electron chi connectivity index (χ4n) is 2.73. The van der Waals surface area contributed by atoms with Gasteiger partial charge in [0.05, 0.1) is 16.5 Å². The molecule has 1 aromatic carbocycles. The highest BCUT2D eigenvalue weighted by molar-refractivity contribution is 7.89. The summed E-state index contributed by atoms with van der Waals surface area (Å²) < 4.78 is 26.7. The quantitative estimate of drug-likeness (QED) is 0.710. The van der Waals surface area contributed by atoms with Gasteiger partial charge in [-0.3, -0.25) is 4.79 Å². The summed E-state index contributed by atoms with van der Waals surface area (Å²) in [7, 11) is -3.68. The number of sulfonamides is 1. The highest BCUT2D eigenvalue weighted by Gasteiger charge is 2.30. The SMILES string of the molecule is CCCNC(=O)C(C)NC(=O)N1CCN(S(=O)(=O)c2ccc(C#N)cc2)CC1. The molecule has 0 aliphatic carbocycles. The number of urea groups is 1. The van der Waals surface area contributed by atoms with Gasteiger partial charge in [0.1, 0.15) is 6.04 Å². The van der Waals surface area contributed by atoms with E-state index in [9.17, 15) is 18.0 Å². The van der Waals surface area contributed by atoms with E-state index in [0.717, 1.165) is 6.42 Å². The maximum atomic E-state index is 12.7. The first kappa shape index (κ1) is 21.7. The first-order valence-electron chi connectivity index (χ1n) is 9.13. The molecule has 1 unspecified atom stereocenters. The van der Waals surface area contributed by atoms with Crippen LogP contribution in [0.1, 0.15) is 25.8 Å². The standard InChI is InChI=1S/C18H25N5O4S/c1-3-8-20-17(24)14(2)21-18(25)22-9-11-23(12-10-22)28(26,27)16-6-4-15(13-19)5-7-16/h4-7,14H,3,8-12H2,1-2H3,(H,20,24)(H,21,25). The third kappa shape index (κ3) is 5.21. The van der Waals surface area contributed by atoms with E-state index in [0.29, 0.717) is 12.1 Å². The monoisotopic (exact) mass is 407 g/mol. The van der Waals surface area contributed by atoms with Gasteiger partial charge in [-0.05, 0) is 37.6 Å². The van der Waals surface area contributed by atoms with Crippen LogP contribution in [0.25, 0.3) is 0 Å². The molecule has 10 heteroatoms. The second-order valence-electron chi connectivity index (χ2n) is 6.49. The minimum atomic E-state index is -3.68. The van der Waals surface area contributed by atoms with Crippen molar-refractivity contribution in [3.05, 3.63) is 29.8 Å². The van der Waals surface area contributed by atoms with Crippen molar-refractivity contribution < 1.29 is 18.0 Å². The largest absolute Gasteiger partial charge is 0.354 e. The molecule has 1 aliphatic rings. The molecule has 9 nitrogen and oxygen atoms in total. The molecule has 2 rings (SSSR count). The van der Waals surface area contributed by atoms with Crippen LogP contribution in [0.3, 0.4) is 0 Å². The van der Waals surface area contributed by atoms with Crippen LogP contribution < -0.4 is 10.6 Å². The van der Waals surface area contributed by atoms with Crippen molar-refractivity contribution in [1.82, 2.24) is 19.8 Å². The normalized spacial score (nSPS) is 16.1. The number of piperazine rings is 1. The topological polar surface area (TPSA) is 123 Å². The number of hydrogen-bond donors (Lipinski definition) is 2. The molecular formula is C18H25N5O4S. The number of carbonyl (C=O) groups is 2. The van der Waals surface area contributed by atoms with E-state index >= 15 is 0 Å². The molecule has 1 aliphatic heterocycles. The van der Waals surface area contributed by atoms with Crippen molar-refractivity contribution in [2.45, 2.75) is 31.2 Å². The van der Waals surface area contributed by atoms with E-state index < -0.39 is 22.1 Å². The number of rotatable bonds is 6. The van der Waals surface area contributed by atoms with Crippen molar-refractivity contribution in [3.63, 3.8) is 0 Å². The molecule has 1 saturated heterocycles. The van der Waals surface area contributed by atoms with Gasteiger partial charge in [0.15, 0.2) is 0 Å². The Labute approximate surface area is 165 Å². The molecular weight excluding hydrogens is 382 g/mol. The van der Waals surface area contributed by atoms with E-state index in [-0.39, 0.29) is 37.0 Å². The number of nitriles is 1. The summed E-state index contributed by atoms with van der Waals surface area (Å²) in [6.45, 7) is 4.86. The van der Waals surface area contributed by atoms with Gasteiger partial charge < -0.3 is 15.5 Å². The Bertz CT molecular complexity index is 840. The Balaban J connectivity index is 1.91. The van der Waals surface area contributed by atoms with Gasteiger partial charge in [0.25, 0.3) is 0 Å². The van der Waals surface area contributed by atoms with Gasteiger partial charge in [-0.1, -0.05) is 6.92 Å². The molecule has 2 N–H and O–H groups in total. The molecule has 1 fully saturated rings. The minimum Gasteiger partial charge on any atom is -0.354 e. The highest BCUT2D eigenvalue weighted by atomic mass is 32.2. The molecule has 0 spiro atoms. The number of benzene rings is 1. The molecule has 152 valence electrons. The maximum Gasteiger partial charge on any atom is 0.318 e. The molecule has 0 radical (unpaired) electrons. The Hall–Kier alpha value is -2.64. The molecule has 1 atom stereocenters. The van der Waals surface area contributed by atoms with Crippen LogP contribution in [0.2, 0.25) is 0 Å². The predicted octanol–water partition coefficient (Wildman–Crippen LogP) is 0.489. The van der Waals surface area contributed by atoms with Crippen LogP contribution in [0.5, 0.6) is 0 Å². The zero-order chi connectivity index (χ0) is 20.7. The minimum absolute atomic E-state index is 0.116. The van der Waals surface area contributed by atoms with Gasteiger partial charge in [-0.15, -0.1) is 0 Å². The van der Waals surface area contributed by atoms with Crippen molar-refractivity contribution in [2.75, 3.05) is 32.7 Å². The molecule has 0 saturated carbocycles. The van der Waals surface area contributed by atoms with Crippen molar-refractivity contribution in [3.8, 4) is 6.07 Å². The molecule has 28 heavy (non-hydrogen) atoms. The average molecular weight is 407 g/mol. The fraction of sp³-hybridized carbons (Fsp3) is 0.500. The van der Waals surface area contributed by atoms with Crippen molar-refractivity contribution in [1.29, 1.82) is 5.26 Å². The van der Waals surface area contributed by atoms with E-state index in [1.54, 1.807) is 6.92 Å². The average Bonchev–Trinajstić information content (AvgIpc) is 2.71. The number of nitrogens with zero attached hydrogens (tertiary/aromatic N) is 3. The number of amides is 3. The smallest absolute Gasteiger partial charge is 0.318 e. The van der Waals surface area contributed by atoms with Gasteiger partial charge in [0, 0.05) is 32.7 Å². The number of nitrogens with one attached hydrogen (secondary N) is 2. The van der Waals surface area contributed by atoms with Gasteiger partial charge in [-0.25, -0.2) is 13.2 Å². The summed E-state index contributed by atoms with van der Waals surface area (Å²) in [6, 6.07) is 6.62. The van der Waals surface area contributed by atoms with Crippen molar-refractivity contribution in [2.24, 2.45) is 0 Å². The molecule has 1 heterocycles. The van der Waals surface area contributed by atoms with Crippen LogP contribution in [0.4, 0.5) is 4.79 Å². The van der Waals surface area contributed by atoms with Crippen LogP contribution in [0, 0.1) is 11.3 Å². The Morgan fingerprint density at radius 1 is 1.18 bits per heavy atom. The van der Waals surface area contributed by atoms with E-state index in [4.69, 9.17) is 5.26 Å². The summed E-state index contributed by atoms with van der Waals surface area (Å²) >= 11 is 0. The number of hydrogen-bond acceptors (Lipinski definition) is 5. The summed E-state index contributed by atoms with van der Waals surface area (Å²) in [6.07, 6.45) is 0.808. The van der Waals surface area contributed by atoms with Gasteiger partial charge in [0.2, 0.25) is 15.9 Å². The fourth-order valence-corrected chi connectivity index (χ4v) is 4.15. The third-order valence-corrected chi connectivity index (χ3v) is 6.34. The zero-order valence-electron chi connectivity index (χ0n) is 16.0. The van der Waals surface area contributed by atoms with Crippen LogP contribution >= 0.6 is 0 Å². The summed E-state index contributed by atoms with van der Waals surface area (Å²) in [5.74, 6) is -0.253. The summed E-state index contributed by atoms with van der Waals surface area (Å²) in [4.78, 5) is 25.8. The van der Waals surface area contributed by atoms with Crippen LogP contribution in [-0.2, 0) is 14.8 Å².